The number of aromatic nitrogens is 4. The highest BCUT2D eigenvalue weighted by molar-refractivity contribution is 6.16. The van der Waals surface area contributed by atoms with Crippen LogP contribution >= 0.6 is 0 Å². The Morgan fingerprint density at radius 3 is 1.76 bits per heavy atom. The van der Waals surface area contributed by atoms with Gasteiger partial charge in [0.15, 0.2) is 23.1 Å². The van der Waals surface area contributed by atoms with E-state index in [9.17, 15) is 0 Å². The molecule has 6 nitrogen and oxygen atoms in total. The fourth-order valence-electron chi connectivity index (χ4n) is 7.72. The quantitative estimate of drug-likeness (QED) is 0.179. The van der Waals surface area contributed by atoms with Gasteiger partial charge in [-0.3, -0.25) is 0 Å². The molecule has 0 N–H and O–H groups in total. The van der Waals surface area contributed by atoms with Crippen molar-refractivity contribution < 1.29 is 8.83 Å². The van der Waals surface area contributed by atoms with Gasteiger partial charge in [0.1, 0.15) is 16.7 Å². The van der Waals surface area contributed by atoms with E-state index in [-0.39, 0.29) is 0 Å². The predicted molar refractivity (Wildman–Crippen MR) is 217 cm³/mol. The van der Waals surface area contributed by atoms with E-state index in [0.717, 1.165) is 88.0 Å². The van der Waals surface area contributed by atoms with E-state index in [2.05, 4.69) is 72.8 Å². The normalized spacial score (nSPS) is 11.7. The first kappa shape index (κ1) is 30.2. The maximum absolute atomic E-state index is 6.55. The van der Waals surface area contributed by atoms with E-state index < -0.39 is 0 Å². The molecular formula is C48H28N4O2. The summed E-state index contributed by atoms with van der Waals surface area (Å²) in [6.07, 6.45) is 0. The minimum absolute atomic E-state index is 0.583. The molecule has 0 saturated heterocycles. The lowest BCUT2D eigenvalue weighted by Gasteiger charge is -2.14. The Morgan fingerprint density at radius 2 is 0.926 bits per heavy atom. The molecule has 0 bridgehead atoms. The van der Waals surface area contributed by atoms with Crippen molar-refractivity contribution in [1.82, 2.24) is 19.9 Å². The number of hydrogen-bond donors (Lipinski definition) is 0. The van der Waals surface area contributed by atoms with E-state index in [0.29, 0.717) is 23.4 Å². The Labute approximate surface area is 309 Å². The molecule has 0 saturated carbocycles. The number of para-hydroxylation sites is 1. The third-order valence-corrected chi connectivity index (χ3v) is 10.2. The first-order valence-electron chi connectivity index (χ1n) is 17.9. The number of rotatable bonds is 5. The van der Waals surface area contributed by atoms with Crippen LogP contribution in [0.15, 0.2) is 179 Å². The molecule has 0 spiro atoms. The van der Waals surface area contributed by atoms with Gasteiger partial charge >= 0.3 is 0 Å². The lowest BCUT2D eigenvalue weighted by molar-refractivity contribution is 0.623. The lowest BCUT2D eigenvalue weighted by atomic mass is 9.92. The maximum Gasteiger partial charge on any atom is 0.227 e. The predicted octanol–water partition coefficient (Wildman–Crippen LogP) is 12.6. The van der Waals surface area contributed by atoms with Gasteiger partial charge in [-0.2, -0.15) is 0 Å². The molecule has 3 heterocycles. The molecule has 3 aromatic heterocycles. The van der Waals surface area contributed by atoms with Crippen molar-refractivity contribution in [3.05, 3.63) is 170 Å². The summed E-state index contributed by atoms with van der Waals surface area (Å²) in [4.78, 5) is 20.3. The van der Waals surface area contributed by atoms with Crippen molar-refractivity contribution in [1.29, 1.82) is 0 Å². The van der Waals surface area contributed by atoms with Gasteiger partial charge in [-0.05, 0) is 57.6 Å². The van der Waals surface area contributed by atoms with Gasteiger partial charge in [-0.1, -0.05) is 140 Å². The average Bonchev–Trinajstić information content (AvgIpc) is 3.86. The fraction of sp³-hybridized carbons (Fsp3) is 0. The molecule has 11 aromatic rings. The molecule has 0 unspecified atom stereocenters. The van der Waals surface area contributed by atoms with Gasteiger partial charge in [0.2, 0.25) is 5.89 Å². The smallest absolute Gasteiger partial charge is 0.227 e. The highest BCUT2D eigenvalue weighted by Crippen LogP contribution is 2.41. The van der Waals surface area contributed by atoms with Crippen molar-refractivity contribution >= 4 is 54.6 Å². The average molecular weight is 693 g/mol. The minimum Gasteiger partial charge on any atom is -0.456 e. The number of benzene rings is 8. The summed E-state index contributed by atoms with van der Waals surface area (Å²) in [6, 6.07) is 57.6. The zero-order valence-corrected chi connectivity index (χ0v) is 28.8. The Morgan fingerprint density at radius 1 is 0.333 bits per heavy atom. The van der Waals surface area contributed by atoms with Gasteiger partial charge < -0.3 is 8.83 Å². The second-order valence-electron chi connectivity index (χ2n) is 13.4. The van der Waals surface area contributed by atoms with Crippen LogP contribution in [0.25, 0.3) is 111 Å². The molecule has 0 fully saturated rings. The molecule has 0 amide bonds. The SMILES string of the molecule is c1ccc(-c2nc(-c3cccc4c(-c5cccc6ccc7nc(-c8ccccc8)oc7c56)cccc34)nc(-c3cccc4oc5ccccc5c34)n2)cc1. The van der Waals surface area contributed by atoms with Gasteiger partial charge in [0, 0.05) is 38.4 Å². The summed E-state index contributed by atoms with van der Waals surface area (Å²) in [5, 5.41) is 6.22. The van der Waals surface area contributed by atoms with Crippen LogP contribution in [0.1, 0.15) is 0 Å². The number of oxazole rings is 1. The molecule has 0 aliphatic heterocycles. The molecule has 252 valence electrons. The van der Waals surface area contributed by atoms with Gasteiger partial charge in [-0.25, -0.2) is 19.9 Å². The third kappa shape index (κ3) is 4.81. The van der Waals surface area contributed by atoms with Crippen LogP contribution in [0, 0.1) is 0 Å². The van der Waals surface area contributed by atoms with Crippen molar-refractivity contribution in [3.8, 4) is 56.7 Å². The summed E-state index contributed by atoms with van der Waals surface area (Å²) in [6.45, 7) is 0. The number of fused-ring (bicyclic) bond motifs is 7. The van der Waals surface area contributed by atoms with E-state index in [1.165, 1.54) is 0 Å². The maximum atomic E-state index is 6.55. The van der Waals surface area contributed by atoms with Gasteiger partial charge in [-0.15, -0.1) is 0 Å². The lowest BCUT2D eigenvalue weighted by Crippen LogP contribution is -2.01. The summed E-state index contributed by atoms with van der Waals surface area (Å²) < 4.78 is 12.8. The minimum atomic E-state index is 0.583. The molecule has 8 aromatic carbocycles. The third-order valence-electron chi connectivity index (χ3n) is 10.2. The van der Waals surface area contributed by atoms with Crippen molar-refractivity contribution in [2.45, 2.75) is 0 Å². The highest BCUT2D eigenvalue weighted by Gasteiger charge is 2.20. The summed E-state index contributed by atoms with van der Waals surface area (Å²) in [5.41, 5.74) is 9.01. The van der Waals surface area contributed by atoms with Gasteiger partial charge in [0.25, 0.3) is 0 Å². The van der Waals surface area contributed by atoms with E-state index in [1.54, 1.807) is 0 Å². The summed E-state index contributed by atoms with van der Waals surface area (Å²) in [7, 11) is 0. The molecule has 11 rings (SSSR count). The van der Waals surface area contributed by atoms with Crippen molar-refractivity contribution in [2.75, 3.05) is 0 Å². The molecule has 54 heavy (non-hydrogen) atoms. The van der Waals surface area contributed by atoms with Crippen LogP contribution in [0.2, 0.25) is 0 Å². The van der Waals surface area contributed by atoms with Crippen LogP contribution in [0.5, 0.6) is 0 Å². The first-order chi connectivity index (χ1) is 26.8. The summed E-state index contributed by atoms with van der Waals surface area (Å²) in [5.74, 6) is 2.38. The molecule has 0 aliphatic carbocycles. The zero-order chi connectivity index (χ0) is 35.6. The second-order valence-corrected chi connectivity index (χ2v) is 13.4. The molecular weight excluding hydrogens is 665 g/mol. The zero-order valence-electron chi connectivity index (χ0n) is 28.8. The van der Waals surface area contributed by atoms with Crippen LogP contribution < -0.4 is 0 Å². The Bertz CT molecular complexity index is 3220. The van der Waals surface area contributed by atoms with Crippen LogP contribution in [0.3, 0.4) is 0 Å². The second kappa shape index (κ2) is 12.1. The fourth-order valence-corrected chi connectivity index (χ4v) is 7.72. The highest BCUT2D eigenvalue weighted by atomic mass is 16.3. The monoisotopic (exact) mass is 692 g/mol. The van der Waals surface area contributed by atoms with Crippen LogP contribution in [-0.4, -0.2) is 19.9 Å². The largest absolute Gasteiger partial charge is 0.456 e. The number of hydrogen-bond acceptors (Lipinski definition) is 6. The number of nitrogens with zero attached hydrogens (tertiary/aromatic N) is 4. The molecule has 6 heteroatoms. The topological polar surface area (TPSA) is 77.8 Å². The van der Waals surface area contributed by atoms with Crippen molar-refractivity contribution in [3.63, 3.8) is 0 Å². The molecule has 0 atom stereocenters. The molecule has 0 radical (unpaired) electrons. The van der Waals surface area contributed by atoms with E-state index in [1.807, 2.05) is 97.1 Å². The van der Waals surface area contributed by atoms with E-state index >= 15 is 0 Å². The van der Waals surface area contributed by atoms with Crippen LogP contribution in [0.4, 0.5) is 0 Å². The number of furan rings is 1. The Balaban J connectivity index is 1.14. The molecule has 0 aliphatic rings. The first-order valence-corrected chi connectivity index (χ1v) is 17.9. The Hall–Kier alpha value is -7.44. The standard InChI is InChI=1S/C48H28N4O2/c1-3-13-30(14-4-1)45-50-46(52-47(51-45)38-24-12-26-41-43(38)37-18-7-8-25-40(37)53-41)36-23-11-19-32-33(20-10-21-34(32)36)35-22-9-17-29-27-28-39-44(42(29)35)54-48(49-39)31-15-5-2-6-16-31/h1-28H. The van der Waals surface area contributed by atoms with E-state index in [4.69, 9.17) is 28.8 Å². The van der Waals surface area contributed by atoms with Crippen molar-refractivity contribution in [2.24, 2.45) is 0 Å². The Kier molecular flexibility index (Phi) is 6.75. The van der Waals surface area contributed by atoms with Crippen LogP contribution in [-0.2, 0) is 0 Å². The summed E-state index contributed by atoms with van der Waals surface area (Å²) >= 11 is 0. The van der Waals surface area contributed by atoms with Gasteiger partial charge in [0.05, 0.1) is 0 Å².